The Morgan fingerprint density at radius 2 is 1.37 bits per heavy atom. The Kier molecular flexibility index (Phi) is 5.80. The molecule has 1 aliphatic rings. The van der Waals surface area contributed by atoms with Crippen LogP contribution in [0.5, 0.6) is 0 Å². The second-order valence-corrected chi connectivity index (χ2v) is 6.70. The molecule has 19 heavy (non-hydrogen) atoms. The topological polar surface area (TPSA) is 47.9 Å². The van der Waals surface area contributed by atoms with Gasteiger partial charge < -0.3 is 19.3 Å². The number of ether oxygens (including phenoxy) is 3. The monoisotopic (exact) mass is 274 g/mol. The molecule has 0 heterocycles. The van der Waals surface area contributed by atoms with E-state index in [2.05, 4.69) is 27.7 Å². The summed E-state index contributed by atoms with van der Waals surface area (Å²) >= 11 is 0. The first-order chi connectivity index (χ1) is 8.83. The molecule has 1 N–H and O–H groups in total. The van der Waals surface area contributed by atoms with Crippen LogP contribution in [0.15, 0.2) is 0 Å². The number of hydrogen-bond acceptors (Lipinski definition) is 4. The molecule has 1 aliphatic carbocycles. The van der Waals surface area contributed by atoms with Gasteiger partial charge in [0.15, 0.2) is 0 Å². The van der Waals surface area contributed by atoms with Crippen LogP contribution in [-0.4, -0.2) is 51.4 Å². The lowest BCUT2D eigenvalue weighted by Gasteiger charge is -2.53. The van der Waals surface area contributed by atoms with Gasteiger partial charge in [0.25, 0.3) is 0 Å². The molecule has 1 fully saturated rings. The van der Waals surface area contributed by atoms with Crippen molar-refractivity contribution in [2.24, 2.45) is 23.2 Å². The highest BCUT2D eigenvalue weighted by atomic mass is 16.5. The summed E-state index contributed by atoms with van der Waals surface area (Å²) in [6.45, 7) is 8.77. The summed E-state index contributed by atoms with van der Waals surface area (Å²) in [5.41, 5.74) is 0.0156. The third-order valence-corrected chi connectivity index (χ3v) is 4.62. The SMILES string of the molecule is COC1C(C)C(OC)C(OC)C(C(C)(C)C)C1CO. The van der Waals surface area contributed by atoms with Crippen LogP contribution < -0.4 is 0 Å². The molecular formula is C15H30O4. The van der Waals surface area contributed by atoms with Gasteiger partial charge in [-0.3, -0.25) is 0 Å². The molecule has 0 aliphatic heterocycles. The lowest BCUT2D eigenvalue weighted by molar-refractivity contribution is -0.205. The van der Waals surface area contributed by atoms with Crippen LogP contribution in [0.25, 0.3) is 0 Å². The van der Waals surface area contributed by atoms with E-state index in [4.69, 9.17) is 14.2 Å². The maximum Gasteiger partial charge on any atom is 0.0886 e. The minimum absolute atomic E-state index is 0.00873. The Bertz CT molecular complexity index is 254. The van der Waals surface area contributed by atoms with Crippen LogP contribution >= 0.6 is 0 Å². The summed E-state index contributed by atoms with van der Waals surface area (Å²) in [7, 11) is 5.16. The molecule has 6 atom stereocenters. The summed E-state index contributed by atoms with van der Waals surface area (Å²) < 4.78 is 17.1. The van der Waals surface area contributed by atoms with Gasteiger partial charge in [-0.15, -0.1) is 0 Å². The molecule has 4 heteroatoms. The second kappa shape index (κ2) is 6.53. The first-order valence-corrected chi connectivity index (χ1v) is 7.02. The second-order valence-electron chi connectivity index (χ2n) is 6.70. The van der Waals surface area contributed by atoms with Crippen molar-refractivity contribution in [2.45, 2.75) is 46.0 Å². The van der Waals surface area contributed by atoms with Gasteiger partial charge in [0.2, 0.25) is 0 Å². The maximum absolute atomic E-state index is 9.84. The lowest BCUT2D eigenvalue weighted by Crippen LogP contribution is -2.60. The molecule has 0 bridgehead atoms. The zero-order chi connectivity index (χ0) is 14.8. The Morgan fingerprint density at radius 3 is 1.68 bits per heavy atom. The highest BCUT2D eigenvalue weighted by Gasteiger charge is 2.53. The number of methoxy groups -OCH3 is 3. The van der Waals surface area contributed by atoms with E-state index >= 15 is 0 Å². The molecule has 0 radical (unpaired) electrons. The van der Waals surface area contributed by atoms with E-state index in [-0.39, 0.29) is 48.1 Å². The minimum atomic E-state index is -0.0245. The quantitative estimate of drug-likeness (QED) is 0.851. The van der Waals surface area contributed by atoms with Gasteiger partial charge in [-0.25, -0.2) is 0 Å². The van der Waals surface area contributed by atoms with Gasteiger partial charge in [0.1, 0.15) is 0 Å². The summed E-state index contributed by atoms with van der Waals surface area (Å²) in [6.07, 6.45) is -0.0453. The van der Waals surface area contributed by atoms with Crippen molar-refractivity contribution in [1.82, 2.24) is 0 Å². The third-order valence-electron chi connectivity index (χ3n) is 4.62. The Hall–Kier alpha value is -0.160. The molecule has 1 rings (SSSR count). The molecule has 0 aromatic heterocycles. The highest BCUT2D eigenvalue weighted by Crippen LogP contribution is 2.46. The first kappa shape index (κ1) is 16.9. The number of hydrogen-bond donors (Lipinski definition) is 1. The molecule has 0 amide bonds. The van der Waals surface area contributed by atoms with Gasteiger partial charge in [-0.05, 0) is 11.3 Å². The van der Waals surface area contributed by atoms with Crippen molar-refractivity contribution in [3.8, 4) is 0 Å². The Balaban J connectivity index is 3.20. The molecular weight excluding hydrogens is 244 g/mol. The van der Waals surface area contributed by atoms with Crippen LogP contribution in [0.2, 0.25) is 0 Å². The predicted molar refractivity (Wildman–Crippen MR) is 75.1 cm³/mol. The molecule has 4 nitrogen and oxygen atoms in total. The average Bonchev–Trinajstić information content (AvgIpc) is 2.35. The molecule has 114 valence electrons. The van der Waals surface area contributed by atoms with Gasteiger partial charge >= 0.3 is 0 Å². The highest BCUT2D eigenvalue weighted by molar-refractivity contribution is 5.01. The lowest BCUT2D eigenvalue weighted by atomic mass is 9.60. The Labute approximate surface area is 117 Å². The van der Waals surface area contributed by atoms with E-state index < -0.39 is 0 Å². The molecule has 6 unspecified atom stereocenters. The van der Waals surface area contributed by atoms with Crippen molar-refractivity contribution >= 4 is 0 Å². The average molecular weight is 274 g/mol. The van der Waals surface area contributed by atoms with Crippen LogP contribution in [0.1, 0.15) is 27.7 Å². The van der Waals surface area contributed by atoms with E-state index in [1.807, 2.05) is 0 Å². The fourth-order valence-electron chi connectivity index (χ4n) is 3.90. The summed E-state index contributed by atoms with van der Waals surface area (Å²) in [6, 6.07) is 0. The van der Waals surface area contributed by atoms with E-state index in [1.54, 1.807) is 21.3 Å². The predicted octanol–water partition coefficient (Wildman–Crippen LogP) is 1.95. The number of rotatable bonds is 4. The number of aliphatic hydroxyl groups is 1. The van der Waals surface area contributed by atoms with Crippen molar-refractivity contribution in [1.29, 1.82) is 0 Å². The standard InChI is InChI=1S/C15H30O4/c1-9-12(17-5)10(8-16)11(15(2,3)4)14(19-7)13(9)18-6/h9-14,16H,8H2,1-7H3. The Morgan fingerprint density at radius 1 is 0.895 bits per heavy atom. The van der Waals surface area contributed by atoms with Gasteiger partial charge in [0.05, 0.1) is 18.3 Å². The van der Waals surface area contributed by atoms with Crippen LogP contribution in [0, 0.1) is 23.2 Å². The normalized spacial score (nSPS) is 40.4. The zero-order valence-corrected chi connectivity index (χ0v) is 13.3. The minimum Gasteiger partial charge on any atom is -0.396 e. The number of aliphatic hydroxyl groups excluding tert-OH is 1. The van der Waals surface area contributed by atoms with E-state index in [0.29, 0.717) is 0 Å². The van der Waals surface area contributed by atoms with E-state index in [9.17, 15) is 5.11 Å². The van der Waals surface area contributed by atoms with Crippen molar-refractivity contribution in [2.75, 3.05) is 27.9 Å². The van der Waals surface area contributed by atoms with E-state index in [0.717, 1.165) is 0 Å². The van der Waals surface area contributed by atoms with Crippen molar-refractivity contribution < 1.29 is 19.3 Å². The van der Waals surface area contributed by atoms with Crippen molar-refractivity contribution in [3.05, 3.63) is 0 Å². The first-order valence-electron chi connectivity index (χ1n) is 7.02. The van der Waals surface area contributed by atoms with Gasteiger partial charge in [-0.2, -0.15) is 0 Å². The summed E-state index contributed by atoms with van der Waals surface area (Å²) in [5, 5.41) is 9.84. The largest absolute Gasteiger partial charge is 0.396 e. The summed E-state index contributed by atoms with van der Waals surface area (Å²) in [5.74, 6) is 0.445. The fourth-order valence-corrected chi connectivity index (χ4v) is 3.90. The zero-order valence-electron chi connectivity index (χ0n) is 13.3. The smallest absolute Gasteiger partial charge is 0.0886 e. The molecule has 0 aromatic rings. The molecule has 1 saturated carbocycles. The van der Waals surface area contributed by atoms with Crippen LogP contribution in [0.4, 0.5) is 0 Å². The van der Waals surface area contributed by atoms with Gasteiger partial charge in [0, 0.05) is 39.8 Å². The fraction of sp³-hybridized carbons (Fsp3) is 1.00. The van der Waals surface area contributed by atoms with Crippen molar-refractivity contribution in [3.63, 3.8) is 0 Å². The van der Waals surface area contributed by atoms with Gasteiger partial charge in [-0.1, -0.05) is 27.7 Å². The molecule has 0 saturated heterocycles. The van der Waals surface area contributed by atoms with E-state index in [1.165, 1.54) is 0 Å². The molecule has 0 aromatic carbocycles. The summed E-state index contributed by atoms with van der Waals surface area (Å²) in [4.78, 5) is 0. The van der Waals surface area contributed by atoms with Crippen LogP contribution in [-0.2, 0) is 14.2 Å². The third kappa shape index (κ3) is 3.13. The maximum atomic E-state index is 9.84. The molecule has 0 spiro atoms. The van der Waals surface area contributed by atoms with Crippen LogP contribution in [0.3, 0.4) is 0 Å².